The van der Waals surface area contributed by atoms with E-state index in [1.165, 1.54) is 6.20 Å². The average molecular weight is 204 g/mol. The van der Waals surface area contributed by atoms with Crippen molar-refractivity contribution in [2.24, 2.45) is 0 Å². The molecular formula is C10H12N4O. The number of nitriles is 1. The Morgan fingerprint density at radius 3 is 3.00 bits per heavy atom. The van der Waals surface area contributed by atoms with Crippen molar-refractivity contribution in [1.82, 2.24) is 10.2 Å². The van der Waals surface area contributed by atoms with Crippen molar-refractivity contribution in [3.05, 3.63) is 17.8 Å². The topological polar surface area (TPSA) is 81.8 Å². The maximum absolute atomic E-state index is 9.84. The van der Waals surface area contributed by atoms with Gasteiger partial charge in [0, 0.05) is 6.54 Å². The monoisotopic (exact) mass is 204 g/mol. The molecule has 0 bridgehead atoms. The number of nitrogens with one attached hydrogen (secondary N) is 1. The van der Waals surface area contributed by atoms with Crippen molar-refractivity contribution in [2.75, 3.05) is 11.9 Å². The second kappa shape index (κ2) is 3.83. The Balaban J connectivity index is 2.02. The van der Waals surface area contributed by atoms with E-state index >= 15 is 0 Å². The van der Waals surface area contributed by atoms with Gasteiger partial charge in [0.15, 0.2) is 5.82 Å². The van der Waals surface area contributed by atoms with Crippen molar-refractivity contribution in [3.8, 4) is 6.07 Å². The van der Waals surface area contributed by atoms with E-state index in [1.54, 1.807) is 6.07 Å². The fraction of sp³-hybridized carbons (Fsp3) is 0.500. The van der Waals surface area contributed by atoms with E-state index in [9.17, 15) is 5.11 Å². The van der Waals surface area contributed by atoms with E-state index in [4.69, 9.17) is 5.26 Å². The van der Waals surface area contributed by atoms with Gasteiger partial charge in [-0.15, -0.1) is 5.10 Å². The molecule has 0 unspecified atom stereocenters. The highest BCUT2D eigenvalue weighted by Gasteiger charge is 2.34. The molecule has 0 saturated heterocycles. The van der Waals surface area contributed by atoms with Gasteiger partial charge in [0.2, 0.25) is 0 Å². The predicted octanol–water partition coefficient (Wildman–Crippen LogP) is 0.675. The Bertz CT molecular complexity index is 395. The molecule has 5 heteroatoms. The van der Waals surface area contributed by atoms with E-state index in [1.807, 2.05) is 6.07 Å². The second-order valence-electron chi connectivity index (χ2n) is 3.84. The molecule has 1 aromatic heterocycles. The molecule has 0 atom stereocenters. The molecule has 2 rings (SSSR count). The summed E-state index contributed by atoms with van der Waals surface area (Å²) < 4.78 is 0. The molecular weight excluding hydrogens is 192 g/mol. The minimum Gasteiger partial charge on any atom is -0.388 e. The van der Waals surface area contributed by atoms with Gasteiger partial charge in [-0.2, -0.15) is 10.4 Å². The van der Waals surface area contributed by atoms with Crippen LogP contribution in [0.25, 0.3) is 0 Å². The molecule has 1 aromatic rings. The van der Waals surface area contributed by atoms with Crippen LogP contribution in [0.15, 0.2) is 12.3 Å². The molecule has 0 amide bonds. The highest BCUT2D eigenvalue weighted by atomic mass is 16.3. The SMILES string of the molecule is N#Cc1ccnnc1NCC1(O)CCC1. The molecule has 15 heavy (non-hydrogen) atoms. The van der Waals surface area contributed by atoms with Crippen molar-refractivity contribution in [3.63, 3.8) is 0 Å². The van der Waals surface area contributed by atoms with E-state index in [0.717, 1.165) is 19.3 Å². The van der Waals surface area contributed by atoms with E-state index in [-0.39, 0.29) is 0 Å². The molecule has 2 N–H and O–H groups in total. The van der Waals surface area contributed by atoms with E-state index in [2.05, 4.69) is 15.5 Å². The normalized spacial score (nSPS) is 17.6. The molecule has 78 valence electrons. The molecule has 1 saturated carbocycles. The summed E-state index contributed by atoms with van der Waals surface area (Å²) in [7, 11) is 0. The quantitative estimate of drug-likeness (QED) is 0.756. The summed E-state index contributed by atoms with van der Waals surface area (Å²) in [5, 5.41) is 29.1. The summed E-state index contributed by atoms with van der Waals surface area (Å²) in [6.07, 6.45) is 4.15. The lowest BCUT2D eigenvalue weighted by atomic mass is 9.80. The van der Waals surface area contributed by atoms with Crippen molar-refractivity contribution >= 4 is 5.82 Å². The number of anilines is 1. The third-order valence-electron chi connectivity index (χ3n) is 2.71. The van der Waals surface area contributed by atoms with Gasteiger partial charge in [0.05, 0.1) is 17.4 Å². The first-order chi connectivity index (χ1) is 7.23. The van der Waals surface area contributed by atoms with Crippen LogP contribution in [0.5, 0.6) is 0 Å². The summed E-state index contributed by atoms with van der Waals surface area (Å²) in [6, 6.07) is 3.62. The van der Waals surface area contributed by atoms with Crippen molar-refractivity contribution in [2.45, 2.75) is 24.9 Å². The predicted molar refractivity (Wildman–Crippen MR) is 54.0 cm³/mol. The standard InChI is InChI=1S/C10H12N4O/c11-6-8-2-5-13-14-9(8)12-7-10(15)3-1-4-10/h2,5,15H,1,3-4,7H2,(H,12,14). The van der Waals surface area contributed by atoms with Crippen LogP contribution in [0.2, 0.25) is 0 Å². The highest BCUT2D eigenvalue weighted by molar-refractivity contribution is 5.50. The molecule has 0 radical (unpaired) electrons. The summed E-state index contributed by atoms with van der Waals surface area (Å²) in [4.78, 5) is 0. The third kappa shape index (κ3) is 2.05. The van der Waals surface area contributed by atoms with Crippen LogP contribution in [-0.2, 0) is 0 Å². The van der Waals surface area contributed by atoms with Crippen LogP contribution in [0, 0.1) is 11.3 Å². The lowest BCUT2D eigenvalue weighted by Crippen LogP contribution is -2.43. The van der Waals surface area contributed by atoms with Gasteiger partial charge in [-0.1, -0.05) is 0 Å². The molecule has 1 fully saturated rings. The zero-order valence-electron chi connectivity index (χ0n) is 8.27. The maximum Gasteiger partial charge on any atom is 0.166 e. The summed E-state index contributed by atoms with van der Waals surface area (Å²) >= 11 is 0. The van der Waals surface area contributed by atoms with Crippen LogP contribution in [0.3, 0.4) is 0 Å². The summed E-state index contributed by atoms with van der Waals surface area (Å²) in [5.41, 5.74) is -0.169. The number of aromatic nitrogens is 2. The number of hydrogen-bond acceptors (Lipinski definition) is 5. The van der Waals surface area contributed by atoms with Crippen LogP contribution in [0.4, 0.5) is 5.82 Å². The summed E-state index contributed by atoms with van der Waals surface area (Å²) in [5.74, 6) is 0.445. The van der Waals surface area contributed by atoms with Crippen molar-refractivity contribution in [1.29, 1.82) is 5.26 Å². The Kier molecular flexibility index (Phi) is 2.52. The fourth-order valence-corrected chi connectivity index (χ4v) is 1.56. The van der Waals surface area contributed by atoms with Gasteiger partial charge >= 0.3 is 0 Å². The molecule has 1 aliphatic rings. The minimum absolute atomic E-state index is 0.431. The van der Waals surface area contributed by atoms with Crippen LogP contribution in [-0.4, -0.2) is 27.4 Å². The number of aliphatic hydroxyl groups is 1. The molecule has 0 aliphatic heterocycles. The smallest absolute Gasteiger partial charge is 0.166 e. The number of rotatable bonds is 3. The highest BCUT2D eigenvalue weighted by Crippen LogP contribution is 2.31. The first-order valence-electron chi connectivity index (χ1n) is 4.92. The van der Waals surface area contributed by atoms with Gasteiger partial charge in [-0.3, -0.25) is 0 Å². The first kappa shape index (κ1) is 9.87. The third-order valence-corrected chi connectivity index (χ3v) is 2.71. The Hall–Kier alpha value is -1.67. The van der Waals surface area contributed by atoms with Crippen LogP contribution >= 0.6 is 0 Å². The lowest BCUT2D eigenvalue weighted by Gasteiger charge is -2.36. The van der Waals surface area contributed by atoms with Gasteiger partial charge in [0.25, 0.3) is 0 Å². The maximum atomic E-state index is 9.84. The average Bonchev–Trinajstić information content (AvgIpc) is 2.24. The zero-order valence-corrected chi connectivity index (χ0v) is 8.27. The van der Waals surface area contributed by atoms with E-state index in [0.29, 0.717) is 17.9 Å². The van der Waals surface area contributed by atoms with E-state index < -0.39 is 5.60 Å². The molecule has 0 spiro atoms. The van der Waals surface area contributed by atoms with Gasteiger partial charge in [-0.05, 0) is 25.3 Å². The van der Waals surface area contributed by atoms with Gasteiger partial charge in [-0.25, -0.2) is 0 Å². The zero-order chi connectivity index (χ0) is 10.7. The Labute approximate surface area is 87.8 Å². The molecule has 1 heterocycles. The molecule has 0 aromatic carbocycles. The summed E-state index contributed by atoms with van der Waals surface area (Å²) in [6.45, 7) is 0.431. The van der Waals surface area contributed by atoms with Crippen molar-refractivity contribution < 1.29 is 5.11 Å². The van der Waals surface area contributed by atoms with Crippen LogP contribution < -0.4 is 5.32 Å². The number of nitrogens with zero attached hydrogens (tertiary/aromatic N) is 3. The molecule has 1 aliphatic carbocycles. The number of hydrogen-bond donors (Lipinski definition) is 2. The molecule has 5 nitrogen and oxygen atoms in total. The Morgan fingerprint density at radius 1 is 1.60 bits per heavy atom. The van der Waals surface area contributed by atoms with Gasteiger partial charge < -0.3 is 10.4 Å². The minimum atomic E-state index is -0.621. The fourth-order valence-electron chi connectivity index (χ4n) is 1.56. The lowest BCUT2D eigenvalue weighted by molar-refractivity contribution is -0.0202. The largest absolute Gasteiger partial charge is 0.388 e. The second-order valence-corrected chi connectivity index (χ2v) is 3.84. The Morgan fingerprint density at radius 2 is 2.40 bits per heavy atom. The van der Waals surface area contributed by atoms with Crippen LogP contribution in [0.1, 0.15) is 24.8 Å². The first-order valence-corrected chi connectivity index (χ1v) is 4.92. The van der Waals surface area contributed by atoms with Gasteiger partial charge in [0.1, 0.15) is 6.07 Å².